The second kappa shape index (κ2) is 3.83. The van der Waals surface area contributed by atoms with Crippen LogP contribution in [0.2, 0.25) is 0 Å². The van der Waals surface area contributed by atoms with Crippen LogP contribution in [0, 0.1) is 5.41 Å². The maximum Gasteiger partial charge on any atom is 0.314 e. The molecule has 0 unspecified atom stereocenters. The van der Waals surface area contributed by atoms with Gasteiger partial charge in [0.25, 0.3) is 0 Å². The van der Waals surface area contributed by atoms with E-state index in [1.807, 2.05) is 0 Å². The van der Waals surface area contributed by atoms with Gasteiger partial charge in [0.05, 0.1) is 12.0 Å². The molecule has 2 rings (SSSR count). The van der Waals surface area contributed by atoms with E-state index in [2.05, 4.69) is 5.32 Å². The van der Waals surface area contributed by atoms with Crippen molar-refractivity contribution in [2.24, 2.45) is 5.41 Å². The van der Waals surface area contributed by atoms with Crippen LogP contribution in [0.5, 0.6) is 0 Å². The van der Waals surface area contributed by atoms with E-state index in [1.165, 1.54) is 0 Å². The molecule has 1 saturated heterocycles. The third-order valence-corrected chi connectivity index (χ3v) is 3.53. The molecule has 0 spiro atoms. The number of hydrogen-bond donors (Lipinski definition) is 1. The number of carbonyl (C=O) groups is 2. The number of carbonyl (C=O) groups excluding carboxylic acids is 2. The van der Waals surface area contributed by atoms with Crippen molar-refractivity contribution < 1.29 is 14.3 Å². The van der Waals surface area contributed by atoms with Crippen molar-refractivity contribution in [3.63, 3.8) is 0 Å². The average Bonchev–Trinajstić information content (AvgIpc) is 2.55. The molecule has 15 heavy (non-hydrogen) atoms. The van der Waals surface area contributed by atoms with E-state index in [0.29, 0.717) is 13.0 Å². The van der Waals surface area contributed by atoms with E-state index in [9.17, 15) is 9.59 Å². The largest absolute Gasteiger partial charge is 0.465 e. The lowest BCUT2D eigenvalue weighted by Crippen LogP contribution is -2.46. The number of hydrogen-bond acceptors (Lipinski definition) is 3. The normalized spacial score (nSPS) is 34.5. The summed E-state index contributed by atoms with van der Waals surface area (Å²) in [5.41, 5.74) is -0.550. The molecule has 1 aliphatic carbocycles. The van der Waals surface area contributed by atoms with Crippen molar-refractivity contribution in [2.75, 3.05) is 6.61 Å². The number of nitrogens with one attached hydrogen (secondary N) is 1. The first-order chi connectivity index (χ1) is 7.19. The fourth-order valence-electron chi connectivity index (χ4n) is 2.78. The van der Waals surface area contributed by atoms with E-state index in [0.717, 1.165) is 25.7 Å². The molecular weight excluding hydrogens is 194 g/mol. The highest BCUT2D eigenvalue weighted by Gasteiger charge is 2.54. The lowest BCUT2D eigenvalue weighted by atomic mass is 9.70. The Kier molecular flexibility index (Phi) is 2.67. The zero-order chi connectivity index (χ0) is 10.9. The highest BCUT2D eigenvalue weighted by molar-refractivity contribution is 5.90. The molecule has 1 aliphatic heterocycles. The van der Waals surface area contributed by atoms with E-state index >= 15 is 0 Å². The minimum absolute atomic E-state index is 0.00467. The Bertz CT molecular complexity index is 290. The van der Waals surface area contributed by atoms with Gasteiger partial charge in [-0.15, -0.1) is 0 Å². The van der Waals surface area contributed by atoms with Gasteiger partial charge in [-0.05, 0) is 19.8 Å². The third kappa shape index (κ3) is 1.62. The van der Waals surface area contributed by atoms with Gasteiger partial charge in [-0.25, -0.2) is 0 Å². The molecule has 1 N–H and O–H groups in total. The van der Waals surface area contributed by atoms with Crippen molar-refractivity contribution in [3.8, 4) is 0 Å². The van der Waals surface area contributed by atoms with Crippen LogP contribution in [0.3, 0.4) is 0 Å². The Morgan fingerprint density at radius 2 is 2.40 bits per heavy atom. The van der Waals surface area contributed by atoms with Crippen LogP contribution in [-0.4, -0.2) is 24.5 Å². The molecule has 1 heterocycles. The maximum absolute atomic E-state index is 11.9. The van der Waals surface area contributed by atoms with E-state index in [4.69, 9.17) is 4.74 Å². The second-order valence-electron chi connectivity index (χ2n) is 4.42. The zero-order valence-corrected chi connectivity index (χ0v) is 9.04. The SMILES string of the molecule is CCOC(=O)[C@@]12CCCC[C@@H]1NC(=O)C2. The van der Waals surface area contributed by atoms with Gasteiger partial charge in [-0.3, -0.25) is 9.59 Å². The summed E-state index contributed by atoms with van der Waals surface area (Å²) in [4.78, 5) is 23.3. The molecule has 4 heteroatoms. The summed E-state index contributed by atoms with van der Waals surface area (Å²) in [5, 5.41) is 2.90. The van der Waals surface area contributed by atoms with Crippen molar-refractivity contribution in [1.82, 2.24) is 5.32 Å². The van der Waals surface area contributed by atoms with E-state index in [-0.39, 0.29) is 17.9 Å². The quantitative estimate of drug-likeness (QED) is 0.693. The number of esters is 1. The molecule has 1 saturated carbocycles. The van der Waals surface area contributed by atoms with Crippen molar-refractivity contribution in [2.45, 2.75) is 45.1 Å². The Morgan fingerprint density at radius 1 is 1.60 bits per heavy atom. The molecule has 0 aromatic heterocycles. The molecule has 2 aliphatic rings. The summed E-state index contributed by atoms with van der Waals surface area (Å²) in [6.45, 7) is 2.19. The van der Waals surface area contributed by atoms with Crippen LogP contribution in [0.4, 0.5) is 0 Å². The average molecular weight is 211 g/mol. The van der Waals surface area contributed by atoms with Crippen LogP contribution < -0.4 is 5.32 Å². The van der Waals surface area contributed by atoms with Gasteiger partial charge in [-0.2, -0.15) is 0 Å². The Hall–Kier alpha value is -1.06. The molecule has 1 amide bonds. The predicted octanol–water partition coefficient (Wildman–Crippen LogP) is 0.998. The minimum atomic E-state index is -0.550. The number of rotatable bonds is 2. The summed E-state index contributed by atoms with van der Waals surface area (Å²) in [5.74, 6) is -0.192. The third-order valence-electron chi connectivity index (χ3n) is 3.53. The fraction of sp³-hybridized carbons (Fsp3) is 0.818. The van der Waals surface area contributed by atoms with Gasteiger partial charge >= 0.3 is 5.97 Å². The number of fused-ring (bicyclic) bond motifs is 1. The van der Waals surface area contributed by atoms with Crippen molar-refractivity contribution in [1.29, 1.82) is 0 Å². The first-order valence-corrected chi connectivity index (χ1v) is 5.65. The van der Waals surface area contributed by atoms with Gasteiger partial charge in [0.15, 0.2) is 0 Å². The summed E-state index contributed by atoms with van der Waals surface area (Å²) < 4.78 is 5.10. The Morgan fingerprint density at radius 3 is 3.13 bits per heavy atom. The highest BCUT2D eigenvalue weighted by Crippen LogP contribution is 2.44. The topological polar surface area (TPSA) is 55.4 Å². The zero-order valence-electron chi connectivity index (χ0n) is 9.04. The highest BCUT2D eigenvalue weighted by atomic mass is 16.5. The first kappa shape index (κ1) is 10.5. The van der Waals surface area contributed by atoms with Crippen LogP contribution in [0.1, 0.15) is 39.0 Å². The molecular formula is C11H17NO3. The molecule has 0 bridgehead atoms. The molecule has 0 aromatic rings. The van der Waals surface area contributed by atoms with Crippen molar-refractivity contribution in [3.05, 3.63) is 0 Å². The molecule has 84 valence electrons. The molecule has 2 fully saturated rings. The van der Waals surface area contributed by atoms with Gasteiger partial charge < -0.3 is 10.1 Å². The molecule has 0 aromatic carbocycles. The Balaban J connectivity index is 2.21. The van der Waals surface area contributed by atoms with Crippen LogP contribution in [0.15, 0.2) is 0 Å². The van der Waals surface area contributed by atoms with E-state index in [1.54, 1.807) is 6.92 Å². The lowest BCUT2D eigenvalue weighted by Gasteiger charge is -2.35. The van der Waals surface area contributed by atoms with Gasteiger partial charge in [0.2, 0.25) is 5.91 Å². The summed E-state index contributed by atoms with van der Waals surface area (Å²) in [6.07, 6.45) is 4.12. The lowest BCUT2D eigenvalue weighted by molar-refractivity contribution is -0.158. The summed E-state index contributed by atoms with van der Waals surface area (Å²) in [6, 6.07) is 0.0119. The number of amides is 1. The Labute approximate surface area is 89.4 Å². The van der Waals surface area contributed by atoms with Crippen molar-refractivity contribution >= 4 is 11.9 Å². The smallest absolute Gasteiger partial charge is 0.314 e. The molecule has 0 radical (unpaired) electrons. The standard InChI is InChI=1S/C11H17NO3/c1-2-15-10(14)11-6-4-3-5-8(11)12-9(13)7-11/h8H,2-7H2,1H3,(H,12,13)/t8-,11+/m0/s1. The van der Waals surface area contributed by atoms with Gasteiger partial charge in [0.1, 0.15) is 0 Å². The second-order valence-corrected chi connectivity index (χ2v) is 4.42. The van der Waals surface area contributed by atoms with Crippen LogP contribution >= 0.6 is 0 Å². The van der Waals surface area contributed by atoms with Gasteiger partial charge in [-0.1, -0.05) is 12.8 Å². The molecule has 4 nitrogen and oxygen atoms in total. The minimum Gasteiger partial charge on any atom is -0.465 e. The molecule has 2 atom stereocenters. The summed E-state index contributed by atoms with van der Waals surface area (Å²) in [7, 11) is 0. The number of ether oxygens (including phenoxy) is 1. The van der Waals surface area contributed by atoms with Crippen LogP contribution in [-0.2, 0) is 14.3 Å². The van der Waals surface area contributed by atoms with Gasteiger partial charge in [0, 0.05) is 12.5 Å². The summed E-state index contributed by atoms with van der Waals surface area (Å²) >= 11 is 0. The predicted molar refractivity (Wildman–Crippen MR) is 54.1 cm³/mol. The fourth-order valence-corrected chi connectivity index (χ4v) is 2.78. The van der Waals surface area contributed by atoms with E-state index < -0.39 is 5.41 Å². The first-order valence-electron chi connectivity index (χ1n) is 5.65. The maximum atomic E-state index is 11.9. The van der Waals surface area contributed by atoms with Crippen LogP contribution in [0.25, 0.3) is 0 Å². The monoisotopic (exact) mass is 211 g/mol.